The zero-order chi connectivity index (χ0) is 26.5. The number of rotatable bonds is 3. The Balaban J connectivity index is 1.71. The van der Waals surface area contributed by atoms with Gasteiger partial charge >= 0.3 is 0 Å². The van der Waals surface area contributed by atoms with Crippen molar-refractivity contribution in [1.29, 1.82) is 0 Å². The molecule has 2 aliphatic heterocycles. The van der Waals surface area contributed by atoms with Gasteiger partial charge in [-0.2, -0.15) is 0 Å². The largest absolute Gasteiger partial charge is 0.494 e. The molecule has 1 spiro atoms. The number of para-hydroxylation sites is 2. The number of anilines is 3. The predicted octanol–water partition coefficient (Wildman–Crippen LogP) is 6.28. The summed E-state index contributed by atoms with van der Waals surface area (Å²) in [6.07, 6.45) is 1.32. The zero-order valence-electron chi connectivity index (χ0n) is 21.8. The highest BCUT2D eigenvalue weighted by atomic mass is 19.1. The number of carbonyl (C=O) groups is 1. The van der Waals surface area contributed by atoms with Gasteiger partial charge in [0.1, 0.15) is 17.4 Å². The summed E-state index contributed by atoms with van der Waals surface area (Å²) in [5.41, 5.74) is 9.59. The van der Waals surface area contributed by atoms with E-state index in [0.717, 1.165) is 16.9 Å². The van der Waals surface area contributed by atoms with Crippen LogP contribution in [0.1, 0.15) is 39.2 Å². The number of piperidine rings is 1. The Kier molecular flexibility index (Phi) is 6.13. The molecule has 3 aromatic rings. The van der Waals surface area contributed by atoms with E-state index < -0.39 is 16.6 Å². The number of carbonyl (C=O) groups excluding carboxylic acids is 1. The minimum absolute atomic E-state index is 0.111. The first-order valence-corrected chi connectivity index (χ1v) is 12.6. The minimum atomic E-state index is -0.475. The van der Waals surface area contributed by atoms with E-state index in [1.54, 1.807) is 12.1 Å². The molecule has 2 heterocycles. The van der Waals surface area contributed by atoms with Crippen LogP contribution in [-0.2, 0) is 10.2 Å². The predicted molar refractivity (Wildman–Crippen MR) is 143 cm³/mol. The summed E-state index contributed by atoms with van der Waals surface area (Å²) in [4.78, 5) is 17.1. The number of nitrogens with two attached hydrogens (primary N) is 1. The summed E-state index contributed by atoms with van der Waals surface area (Å²) in [7, 11) is 1.54. The normalized spacial score (nSPS) is 16.7. The zero-order valence-corrected chi connectivity index (χ0v) is 21.8. The molecule has 7 heteroatoms. The summed E-state index contributed by atoms with van der Waals surface area (Å²) in [5.74, 6) is -0.263. The Morgan fingerprint density at radius 2 is 1.68 bits per heavy atom. The van der Waals surface area contributed by atoms with E-state index in [2.05, 4.69) is 4.90 Å². The number of methoxy groups -OCH3 is 1. The maximum absolute atomic E-state index is 15.9. The molecule has 5 nitrogen and oxygen atoms in total. The van der Waals surface area contributed by atoms with Gasteiger partial charge in [0.2, 0.25) is 5.91 Å². The van der Waals surface area contributed by atoms with Crippen molar-refractivity contribution in [3.8, 4) is 16.9 Å². The van der Waals surface area contributed by atoms with Gasteiger partial charge in [-0.3, -0.25) is 4.79 Å². The summed E-state index contributed by atoms with van der Waals surface area (Å²) >= 11 is 0. The molecule has 37 heavy (non-hydrogen) atoms. The molecule has 0 radical (unpaired) electrons. The lowest BCUT2D eigenvalue weighted by atomic mass is 9.71. The van der Waals surface area contributed by atoms with Crippen LogP contribution >= 0.6 is 0 Å². The van der Waals surface area contributed by atoms with Crippen LogP contribution in [0.3, 0.4) is 0 Å². The van der Waals surface area contributed by atoms with Crippen molar-refractivity contribution < 1.29 is 18.3 Å². The number of likely N-dealkylation sites (tertiary alicyclic amines) is 1. The molecule has 5 rings (SSSR count). The fraction of sp³-hybridized carbons (Fsp3) is 0.367. The number of ether oxygens (including phenoxy) is 1. The molecule has 1 fully saturated rings. The number of nitrogens with zero attached hydrogens (tertiary/aromatic N) is 2. The second-order valence-electron chi connectivity index (χ2n) is 11.1. The van der Waals surface area contributed by atoms with Gasteiger partial charge in [0.15, 0.2) is 0 Å². The maximum atomic E-state index is 15.9. The number of hydrogen-bond acceptors (Lipinski definition) is 4. The molecule has 0 aromatic heterocycles. The first kappa shape index (κ1) is 25.1. The van der Waals surface area contributed by atoms with Crippen molar-refractivity contribution in [3.63, 3.8) is 0 Å². The highest BCUT2D eigenvalue weighted by molar-refractivity contribution is 5.90. The number of nitrogen functional groups attached to an aromatic ring is 1. The average Bonchev–Trinajstić information content (AvgIpc) is 3.18. The average molecular weight is 506 g/mol. The highest BCUT2D eigenvalue weighted by Gasteiger charge is 2.50. The summed E-state index contributed by atoms with van der Waals surface area (Å²) in [6.45, 7) is 7.49. The lowest BCUT2D eigenvalue weighted by Crippen LogP contribution is -2.49. The van der Waals surface area contributed by atoms with Crippen molar-refractivity contribution in [2.75, 3.05) is 37.4 Å². The van der Waals surface area contributed by atoms with Gasteiger partial charge in [0.05, 0.1) is 24.2 Å². The third kappa shape index (κ3) is 4.20. The molecule has 0 bridgehead atoms. The Labute approximate surface area is 216 Å². The van der Waals surface area contributed by atoms with Crippen molar-refractivity contribution in [1.82, 2.24) is 4.90 Å². The number of amides is 1. The molecule has 1 amide bonds. The van der Waals surface area contributed by atoms with Crippen molar-refractivity contribution >= 4 is 23.0 Å². The molecule has 0 atom stereocenters. The Hall–Kier alpha value is -3.61. The molecule has 2 N–H and O–H groups in total. The minimum Gasteiger partial charge on any atom is -0.494 e. The molecule has 3 aromatic carbocycles. The SMILES string of the molecule is COc1cc(F)c(-c2ccc(F)cc2)c2c1N(c1ccccc1N)CC21CCN(C(=O)C(C)(C)C)CC1. The van der Waals surface area contributed by atoms with Crippen molar-refractivity contribution in [3.05, 3.63) is 71.8 Å². The molecule has 194 valence electrons. The van der Waals surface area contributed by atoms with E-state index >= 15 is 4.39 Å². The summed E-state index contributed by atoms with van der Waals surface area (Å²) in [6, 6.07) is 15.0. The van der Waals surface area contributed by atoms with Crippen LogP contribution < -0.4 is 15.4 Å². The van der Waals surface area contributed by atoms with Gasteiger partial charge in [0, 0.05) is 42.1 Å². The van der Waals surface area contributed by atoms with Gasteiger partial charge in [-0.05, 0) is 48.2 Å². The third-order valence-corrected chi connectivity index (χ3v) is 7.71. The van der Waals surface area contributed by atoms with Gasteiger partial charge in [-0.15, -0.1) is 0 Å². The Bertz CT molecular complexity index is 1340. The number of benzene rings is 3. The van der Waals surface area contributed by atoms with Crippen LogP contribution in [0.15, 0.2) is 54.6 Å². The Morgan fingerprint density at radius 1 is 1.03 bits per heavy atom. The number of halogens is 2. The highest BCUT2D eigenvalue weighted by Crippen LogP contribution is 2.57. The molecule has 2 aliphatic rings. The number of hydrogen-bond donors (Lipinski definition) is 1. The van der Waals surface area contributed by atoms with Gasteiger partial charge in [-0.1, -0.05) is 45.0 Å². The van der Waals surface area contributed by atoms with Crippen LogP contribution in [0.4, 0.5) is 25.8 Å². The van der Waals surface area contributed by atoms with Gasteiger partial charge in [0.25, 0.3) is 0 Å². The van der Waals surface area contributed by atoms with Gasteiger partial charge in [-0.25, -0.2) is 8.78 Å². The molecule has 0 saturated carbocycles. The summed E-state index contributed by atoms with van der Waals surface area (Å²) < 4.78 is 35.4. The monoisotopic (exact) mass is 505 g/mol. The molecular weight excluding hydrogens is 472 g/mol. The quantitative estimate of drug-likeness (QED) is 0.426. The fourth-order valence-corrected chi connectivity index (χ4v) is 5.88. The second-order valence-corrected chi connectivity index (χ2v) is 11.1. The second kappa shape index (κ2) is 9.05. The van der Waals surface area contributed by atoms with E-state index in [4.69, 9.17) is 10.5 Å². The first-order chi connectivity index (χ1) is 17.6. The first-order valence-electron chi connectivity index (χ1n) is 12.6. The van der Waals surface area contributed by atoms with Crippen LogP contribution in [-0.4, -0.2) is 37.6 Å². The van der Waals surface area contributed by atoms with Crippen LogP contribution in [0.2, 0.25) is 0 Å². The maximum Gasteiger partial charge on any atom is 0.227 e. The van der Waals surface area contributed by atoms with Crippen molar-refractivity contribution in [2.24, 2.45) is 5.41 Å². The van der Waals surface area contributed by atoms with E-state index in [1.165, 1.54) is 25.3 Å². The topological polar surface area (TPSA) is 58.8 Å². The fourth-order valence-electron chi connectivity index (χ4n) is 5.88. The molecule has 1 saturated heterocycles. The third-order valence-electron chi connectivity index (χ3n) is 7.71. The lowest BCUT2D eigenvalue weighted by Gasteiger charge is -2.42. The van der Waals surface area contributed by atoms with E-state index in [-0.39, 0.29) is 11.7 Å². The van der Waals surface area contributed by atoms with Crippen LogP contribution in [0.5, 0.6) is 5.75 Å². The van der Waals surface area contributed by atoms with Crippen molar-refractivity contribution in [2.45, 2.75) is 39.0 Å². The van der Waals surface area contributed by atoms with Crippen LogP contribution in [0.25, 0.3) is 11.1 Å². The number of fused-ring (bicyclic) bond motifs is 2. The van der Waals surface area contributed by atoms with Gasteiger partial charge < -0.3 is 20.3 Å². The smallest absolute Gasteiger partial charge is 0.227 e. The summed E-state index contributed by atoms with van der Waals surface area (Å²) in [5, 5.41) is 0. The van der Waals surface area contributed by atoms with Crippen LogP contribution in [0, 0.1) is 17.0 Å². The standard InChI is InChI=1S/C30H33F2N3O2/c1-29(2,3)28(36)34-15-13-30(14-16-34)18-35(23-8-6-5-7-22(23)33)27-24(37-4)17-21(32)25(26(27)30)19-9-11-20(31)12-10-19/h5-12,17H,13-16,18,33H2,1-4H3. The Morgan fingerprint density at radius 3 is 2.27 bits per heavy atom. The lowest BCUT2D eigenvalue weighted by molar-refractivity contribution is -0.141. The molecule has 0 aliphatic carbocycles. The van der Waals surface area contributed by atoms with E-state index in [1.807, 2.05) is 49.9 Å². The van der Waals surface area contributed by atoms with E-state index in [9.17, 15) is 9.18 Å². The molecule has 0 unspecified atom stereocenters. The molecular formula is C30H33F2N3O2. The van der Waals surface area contributed by atoms with E-state index in [0.29, 0.717) is 55.0 Å².